The number of amides is 2. The van der Waals surface area contributed by atoms with Gasteiger partial charge in [0.05, 0.1) is 34.8 Å². The van der Waals surface area contributed by atoms with Gasteiger partial charge in [-0.2, -0.15) is 0 Å². The van der Waals surface area contributed by atoms with E-state index in [0.29, 0.717) is 22.8 Å². The molecular weight excluding hydrogens is 685 g/mol. The van der Waals surface area contributed by atoms with E-state index >= 15 is 0 Å². The molecule has 0 spiro atoms. The highest BCUT2D eigenvalue weighted by Crippen LogP contribution is 2.36. The monoisotopic (exact) mass is 725 g/mol. The van der Waals surface area contributed by atoms with Crippen LogP contribution in [0, 0.1) is 6.92 Å². The van der Waals surface area contributed by atoms with E-state index in [-0.39, 0.29) is 46.3 Å². The van der Waals surface area contributed by atoms with Crippen molar-refractivity contribution in [3.05, 3.63) is 118 Å². The van der Waals surface area contributed by atoms with Gasteiger partial charge in [-0.3, -0.25) is 13.9 Å². The third-order valence-corrected chi connectivity index (χ3v) is 10.7. The molecule has 4 aromatic carbocycles. The van der Waals surface area contributed by atoms with Crippen LogP contribution in [0.2, 0.25) is 10.0 Å². The predicted octanol–water partition coefficient (Wildman–Crippen LogP) is 7.07. The third-order valence-electron chi connectivity index (χ3n) is 8.15. The topological polar surface area (TPSA) is 105 Å². The molecular formula is C37H41Cl2N3O6S. The zero-order chi connectivity index (χ0) is 35.7. The number of anilines is 1. The number of nitrogens with one attached hydrogen (secondary N) is 1. The summed E-state index contributed by atoms with van der Waals surface area (Å²) in [6.45, 7) is 4.96. The maximum Gasteiger partial charge on any atom is 0.264 e. The van der Waals surface area contributed by atoms with Crippen LogP contribution in [-0.2, 0) is 32.6 Å². The number of carbonyl (C=O) groups excluding carboxylic acids is 2. The molecule has 12 heteroatoms. The molecule has 2 unspecified atom stereocenters. The molecule has 0 fully saturated rings. The van der Waals surface area contributed by atoms with Crippen molar-refractivity contribution in [2.24, 2.45) is 0 Å². The molecule has 9 nitrogen and oxygen atoms in total. The average molecular weight is 727 g/mol. The normalized spacial score (nSPS) is 12.5. The van der Waals surface area contributed by atoms with Crippen LogP contribution in [0.3, 0.4) is 0 Å². The number of methoxy groups -OCH3 is 2. The zero-order valence-corrected chi connectivity index (χ0v) is 30.5. The molecule has 1 N–H and O–H groups in total. The number of hydrogen-bond donors (Lipinski definition) is 1. The van der Waals surface area contributed by atoms with E-state index < -0.39 is 28.5 Å². The van der Waals surface area contributed by atoms with Crippen LogP contribution in [0.4, 0.5) is 5.69 Å². The van der Waals surface area contributed by atoms with Crippen LogP contribution in [0.15, 0.2) is 95.9 Å². The van der Waals surface area contributed by atoms with Gasteiger partial charge in [0.1, 0.15) is 24.1 Å². The lowest BCUT2D eigenvalue weighted by atomic mass is 10.0. The summed E-state index contributed by atoms with van der Waals surface area (Å²) in [5.41, 5.74) is 2.37. The maximum absolute atomic E-state index is 14.8. The van der Waals surface area contributed by atoms with Gasteiger partial charge in [-0.05, 0) is 67.8 Å². The lowest BCUT2D eigenvalue weighted by Crippen LogP contribution is -2.54. The summed E-state index contributed by atoms with van der Waals surface area (Å²) in [7, 11) is -1.49. The van der Waals surface area contributed by atoms with E-state index in [0.717, 1.165) is 15.4 Å². The summed E-state index contributed by atoms with van der Waals surface area (Å²) in [5, 5.41) is 3.63. The van der Waals surface area contributed by atoms with E-state index in [2.05, 4.69) is 5.32 Å². The van der Waals surface area contributed by atoms with Crippen molar-refractivity contribution >= 4 is 50.7 Å². The van der Waals surface area contributed by atoms with E-state index in [1.807, 2.05) is 51.1 Å². The van der Waals surface area contributed by atoms with Gasteiger partial charge in [0.15, 0.2) is 0 Å². The molecule has 2 atom stereocenters. The highest BCUT2D eigenvalue weighted by Gasteiger charge is 2.36. The lowest BCUT2D eigenvalue weighted by molar-refractivity contribution is -0.140. The molecule has 0 heterocycles. The average Bonchev–Trinajstić information content (AvgIpc) is 3.10. The fourth-order valence-corrected chi connectivity index (χ4v) is 6.91. The van der Waals surface area contributed by atoms with Gasteiger partial charge in [0.2, 0.25) is 11.8 Å². The highest BCUT2D eigenvalue weighted by molar-refractivity contribution is 7.92. The summed E-state index contributed by atoms with van der Waals surface area (Å²) in [5.74, 6) is -0.448. The first-order valence-corrected chi connectivity index (χ1v) is 18.0. The van der Waals surface area contributed by atoms with Crippen LogP contribution in [0.5, 0.6) is 11.5 Å². The Labute approximate surface area is 298 Å². The summed E-state index contributed by atoms with van der Waals surface area (Å²) in [6.07, 6.45) is 0.839. The van der Waals surface area contributed by atoms with Crippen molar-refractivity contribution in [1.82, 2.24) is 10.2 Å². The second-order valence-corrected chi connectivity index (χ2v) is 14.3. The maximum atomic E-state index is 14.8. The van der Waals surface area contributed by atoms with Gasteiger partial charge >= 0.3 is 0 Å². The van der Waals surface area contributed by atoms with E-state index in [1.54, 1.807) is 42.5 Å². The number of aryl methyl sites for hydroxylation is 1. The molecule has 0 saturated heterocycles. The minimum absolute atomic E-state index is 0.0258. The van der Waals surface area contributed by atoms with Gasteiger partial charge in [-0.15, -0.1) is 0 Å². The largest absolute Gasteiger partial charge is 0.497 e. The number of carbonyl (C=O) groups is 2. The first-order valence-electron chi connectivity index (χ1n) is 15.8. The van der Waals surface area contributed by atoms with Crippen LogP contribution in [0.1, 0.15) is 37.0 Å². The van der Waals surface area contributed by atoms with Crippen molar-refractivity contribution in [2.45, 2.75) is 57.1 Å². The first kappa shape index (κ1) is 37.6. The van der Waals surface area contributed by atoms with Gasteiger partial charge in [-0.1, -0.05) is 84.2 Å². The Hall–Kier alpha value is -4.25. The SMILES string of the molecule is CCC(C)NC(=O)C(Cc1ccccc1)N(Cc1ccc(Cl)c(Cl)c1)C(=O)CN(c1cc(OC)ccc1OC)S(=O)(=O)c1ccc(C)cc1. The molecule has 260 valence electrons. The van der Waals surface area contributed by atoms with Gasteiger partial charge in [0, 0.05) is 25.1 Å². The van der Waals surface area contributed by atoms with Crippen molar-refractivity contribution in [1.29, 1.82) is 0 Å². The van der Waals surface area contributed by atoms with Gasteiger partial charge in [-0.25, -0.2) is 8.42 Å². The highest BCUT2D eigenvalue weighted by atomic mass is 35.5. The number of rotatable bonds is 15. The molecule has 2 amide bonds. The van der Waals surface area contributed by atoms with Crippen LogP contribution >= 0.6 is 23.2 Å². The van der Waals surface area contributed by atoms with E-state index in [4.69, 9.17) is 32.7 Å². The summed E-state index contributed by atoms with van der Waals surface area (Å²) in [6, 6.07) is 24.1. The summed E-state index contributed by atoms with van der Waals surface area (Å²) < 4.78 is 40.9. The van der Waals surface area contributed by atoms with Crippen LogP contribution in [-0.4, -0.2) is 58.0 Å². The molecule has 4 aromatic rings. The quantitative estimate of drug-likeness (QED) is 0.141. The predicted molar refractivity (Wildman–Crippen MR) is 194 cm³/mol. The Morgan fingerprint density at radius 2 is 1.55 bits per heavy atom. The van der Waals surface area contributed by atoms with Gasteiger partial charge in [0.25, 0.3) is 10.0 Å². The number of hydrogen-bond acceptors (Lipinski definition) is 6. The van der Waals surface area contributed by atoms with Crippen LogP contribution in [0.25, 0.3) is 0 Å². The van der Waals surface area contributed by atoms with Crippen molar-refractivity contribution in [3.8, 4) is 11.5 Å². The van der Waals surface area contributed by atoms with E-state index in [1.165, 1.54) is 37.3 Å². The Bertz CT molecular complexity index is 1860. The van der Waals surface area contributed by atoms with E-state index in [9.17, 15) is 18.0 Å². The molecule has 4 rings (SSSR count). The Morgan fingerprint density at radius 1 is 0.857 bits per heavy atom. The number of nitrogens with zero attached hydrogens (tertiary/aromatic N) is 2. The summed E-state index contributed by atoms with van der Waals surface area (Å²) >= 11 is 12.6. The summed E-state index contributed by atoms with van der Waals surface area (Å²) in [4.78, 5) is 30.2. The number of benzene rings is 4. The van der Waals surface area contributed by atoms with Crippen molar-refractivity contribution in [3.63, 3.8) is 0 Å². The molecule has 0 radical (unpaired) electrons. The minimum atomic E-state index is -4.36. The molecule has 0 aliphatic rings. The second kappa shape index (κ2) is 16.9. The second-order valence-electron chi connectivity index (χ2n) is 11.7. The number of sulfonamides is 1. The number of halogens is 2. The third kappa shape index (κ3) is 9.47. The first-order chi connectivity index (χ1) is 23.4. The molecule has 0 aliphatic carbocycles. The zero-order valence-electron chi connectivity index (χ0n) is 28.2. The van der Waals surface area contributed by atoms with Crippen molar-refractivity contribution in [2.75, 3.05) is 25.1 Å². The lowest BCUT2D eigenvalue weighted by Gasteiger charge is -2.34. The molecule has 0 aliphatic heterocycles. The molecule has 0 saturated carbocycles. The Kier molecular flexibility index (Phi) is 13.0. The fourth-order valence-electron chi connectivity index (χ4n) is 5.17. The smallest absolute Gasteiger partial charge is 0.264 e. The molecule has 49 heavy (non-hydrogen) atoms. The number of ether oxygens (including phenoxy) is 2. The fraction of sp³-hybridized carbons (Fsp3) is 0.297. The van der Waals surface area contributed by atoms with Crippen LogP contribution < -0.4 is 19.1 Å². The standard InChI is InChI=1S/C37H41Cl2N3O6S/c1-6-26(3)40-37(44)34(21-27-10-8-7-9-11-27)41(23-28-14-18-31(38)32(39)20-28)36(43)24-42(33-22-29(47-4)15-19-35(33)48-5)49(45,46)30-16-12-25(2)13-17-30/h7-20,22,26,34H,6,21,23-24H2,1-5H3,(H,40,44). The Morgan fingerprint density at radius 3 is 2.16 bits per heavy atom. The molecule has 0 bridgehead atoms. The van der Waals surface area contributed by atoms with Crippen molar-refractivity contribution < 1.29 is 27.5 Å². The molecule has 0 aromatic heterocycles. The Balaban J connectivity index is 1.88. The minimum Gasteiger partial charge on any atom is -0.497 e. The van der Waals surface area contributed by atoms with Gasteiger partial charge < -0.3 is 19.7 Å².